The fourth-order valence-electron chi connectivity index (χ4n) is 2.29. The number of alkyl halides is 1. The maximum Gasteiger partial charge on any atom is 0.124 e. The molecule has 1 aromatic carbocycles. The minimum Gasteiger partial charge on any atom is -0.496 e. The van der Waals surface area contributed by atoms with Crippen LogP contribution in [0.3, 0.4) is 0 Å². The molecular formula is C15H17BrO2. The molecule has 0 saturated carbocycles. The number of furan rings is 1. The van der Waals surface area contributed by atoms with Crippen molar-refractivity contribution in [1.82, 2.24) is 0 Å². The summed E-state index contributed by atoms with van der Waals surface area (Å²) < 4.78 is 10.7. The first-order valence-corrected chi connectivity index (χ1v) is 6.79. The number of aryl methyl sites for hydroxylation is 3. The SMILES string of the molecule is COc1c(C)cc(C(Br)c2ccoc2C)cc1C. The van der Waals surface area contributed by atoms with Gasteiger partial charge in [-0.2, -0.15) is 0 Å². The molecule has 3 heteroatoms. The van der Waals surface area contributed by atoms with Crippen LogP contribution in [0.1, 0.15) is 32.8 Å². The lowest BCUT2D eigenvalue weighted by atomic mass is 10.00. The Balaban J connectivity index is 2.43. The number of rotatable bonds is 3. The maximum atomic E-state index is 5.39. The van der Waals surface area contributed by atoms with Gasteiger partial charge < -0.3 is 9.15 Å². The van der Waals surface area contributed by atoms with Crippen LogP contribution in [0.15, 0.2) is 28.9 Å². The number of halogens is 1. The largest absolute Gasteiger partial charge is 0.496 e. The Morgan fingerprint density at radius 2 is 1.78 bits per heavy atom. The number of ether oxygens (including phenoxy) is 1. The number of hydrogen-bond acceptors (Lipinski definition) is 2. The van der Waals surface area contributed by atoms with E-state index in [1.165, 1.54) is 11.1 Å². The molecule has 0 fully saturated rings. The molecule has 1 unspecified atom stereocenters. The van der Waals surface area contributed by atoms with Crippen LogP contribution in [0.25, 0.3) is 0 Å². The number of hydrogen-bond donors (Lipinski definition) is 0. The van der Waals surface area contributed by atoms with E-state index in [-0.39, 0.29) is 4.83 Å². The predicted octanol–water partition coefficient (Wildman–Crippen LogP) is 4.70. The Kier molecular flexibility index (Phi) is 3.81. The van der Waals surface area contributed by atoms with Gasteiger partial charge in [0.05, 0.1) is 18.2 Å². The molecule has 0 radical (unpaired) electrons. The van der Waals surface area contributed by atoms with Crippen molar-refractivity contribution in [2.45, 2.75) is 25.6 Å². The molecule has 1 heterocycles. The number of benzene rings is 1. The molecule has 0 N–H and O–H groups in total. The van der Waals surface area contributed by atoms with Crippen molar-refractivity contribution in [2.24, 2.45) is 0 Å². The zero-order valence-electron chi connectivity index (χ0n) is 11.1. The van der Waals surface area contributed by atoms with E-state index in [2.05, 4.69) is 41.9 Å². The van der Waals surface area contributed by atoms with Gasteiger partial charge in [0.2, 0.25) is 0 Å². The van der Waals surface area contributed by atoms with E-state index in [1.54, 1.807) is 13.4 Å². The molecule has 0 spiro atoms. The smallest absolute Gasteiger partial charge is 0.124 e. The molecule has 1 aromatic heterocycles. The summed E-state index contributed by atoms with van der Waals surface area (Å²) in [7, 11) is 1.71. The second-order valence-corrected chi connectivity index (χ2v) is 5.40. The lowest BCUT2D eigenvalue weighted by molar-refractivity contribution is 0.408. The van der Waals surface area contributed by atoms with Crippen molar-refractivity contribution in [3.63, 3.8) is 0 Å². The van der Waals surface area contributed by atoms with Crippen LogP contribution in [-0.2, 0) is 0 Å². The molecule has 18 heavy (non-hydrogen) atoms. The number of methoxy groups -OCH3 is 1. The Morgan fingerprint density at radius 3 is 2.22 bits per heavy atom. The third kappa shape index (κ3) is 2.32. The van der Waals surface area contributed by atoms with Crippen molar-refractivity contribution >= 4 is 15.9 Å². The molecule has 0 amide bonds. The standard InChI is InChI=1S/C15H17BrO2/c1-9-7-12(8-10(2)15(9)17-4)14(16)13-5-6-18-11(13)3/h5-8,14H,1-4H3. The third-order valence-corrected chi connectivity index (χ3v) is 4.17. The summed E-state index contributed by atoms with van der Waals surface area (Å²) in [6.45, 7) is 6.11. The first-order valence-electron chi connectivity index (χ1n) is 5.87. The summed E-state index contributed by atoms with van der Waals surface area (Å²) >= 11 is 3.74. The average Bonchev–Trinajstić information content (AvgIpc) is 2.74. The van der Waals surface area contributed by atoms with Gasteiger partial charge in [0.15, 0.2) is 0 Å². The monoisotopic (exact) mass is 308 g/mol. The summed E-state index contributed by atoms with van der Waals surface area (Å²) in [6.07, 6.45) is 1.72. The lowest BCUT2D eigenvalue weighted by Crippen LogP contribution is -1.98. The highest BCUT2D eigenvalue weighted by molar-refractivity contribution is 9.09. The van der Waals surface area contributed by atoms with E-state index < -0.39 is 0 Å². The van der Waals surface area contributed by atoms with Crippen molar-refractivity contribution in [3.05, 3.63) is 52.5 Å². The van der Waals surface area contributed by atoms with Gasteiger partial charge in [0.1, 0.15) is 11.5 Å². The second-order valence-electron chi connectivity index (χ2n) is 4.48. The van der Waals surface area contributed by atoms with Gasteiger partial charge in [0.25, 0.3) is 0 Å². The van der Waals surface area contributed by atoms with Crippen LogP contribution < -0.4 is 4.74 Å². The maximum absolute atomic E-state index is 5.39. The first kappa shape index (κ1) is 13.2. The van der Waals surface area contributed by atoms with E-state index in [0.29, 0.717) is 0 Å². The molecule has 0 aliphatic carbocycles. The Bertz CT molecular complexity index is 534. The van der Waals surface area contributed by atoms with E-state index >= 15 is 0 Å². The van der Waals surface area contributed by atoms with Crippen LogP contribution >= 0.6 is 15.9 Å². The summed E-state index contributed by atoms with van der Waals surface area (Å²) in [5, 5.41) is 0. The van der Waals surface area contributed by atoms with E-state index in [0.717, 1.165) is 22.6 Å². The summed E-state index contributed by atoms with van der Waals surface area (Å²) in [5.41, 5.74) is 4.69. The van der Waals surface area contributed by atoms with Gasteiger partial charge in [-0.1, -0.05) is 28.1 Å². The van der Waals surface area contributed by atoms with E-state index in [1.807, 2.05) is 13.0 Å². The Labute approximate surface area is 116 Å². The highest BCUT2D eigenvalue weighted by atomic mass is 79.9. The van der Waals surface area contributed by atoms with Crippen LogP contribution in [-0.4, -0.2) is 7.11 Å². The quantitative estimate of drug-likeness (QED) is 0.767. The minimum absolute atomic E-state index is 0.152. The van der Waals surface area contributed by atoms with E-state index in [4.69, 9.17) is 9.15 Å². The van der Waals surface area contributed by atoms with Crippen molar-refractivity contribution in [1.29, 1.82) is 0 Å². The molecule has 2 rings (SSSR count). The van der Waals surface area contributed by atoms with Crippen LogP contribution in [0.4, 0.5) is 0 Å². The van der Waals surface area contributed by atoms with Gasteiger partial charge in [-0.3, -0.25) is 0 Å². The molecule has 2 aromatic rings. The molecule has 0 saturated heterocycles. The van der Waals surface area contributed by atoms with E-state index in [9.17, 15) is 0 Å². The third-order valence-electron chi connectivity index (χ3n) is 3.15. The van der Waals surface area contributed by atoms with Gasteiger partial charge in [-0.15, -0.1) is 0 Å². The fraction of sp³-hybridized carbons (Fsp3) is 0.333. The van der Waals surface area contributed by atoms with Crippen LogP contribution in [0.5, 0.6) is 5.75 Å². The molecular weight excluding hydrogens is 292 g/mol. The van der Waals surface area contributed by atoms with Gasteiger partial charge in [-0.05, 0) is 43.5 Å². The lowest BCUT2D eigenvalue weighted by Gasteiger charge is -2.15. The van der Waals surface area contributed by atoms with Gasteiger partial charge in [0, 0.05) is 5.56 Å². The summed E-state index contributed by atoms with van der Waals surface area (Å²) in [4.78, 5) is 0.152. The van der Waals surface area contributed by atoms with Crippen LogP contribution in [0.2, 0.25) is 0 Å². The molecule has 0 aliphatic rings. The molecule has 2 nitrogen and oxygen atoms in total. The molecule has 96 valence electrons. The van der Waals surface area contributed by atoms with Gasteiger partial charge in [-0.25, -0.2) is 0 Å². The van der Waals surface area contributed by atoms with Crippen molar-refractivity contribution < 1.29 is 9.15 Å². The Morgan fingerprint density at radius 1 is 1.17 bits per heavy atom. The van der Waals surface area contributed by atoms with Gasteiger partial charge >= 0.3 is 0 Å². The normalized spacial score (nSPS) is 12.5. The summed E-state index contributed by atoms with van der Waals surface area (Å²) in [5.74, 6) is 1.91. The summed E-state index contributed by atoms with van der Waals surface area (Å²) in [6, 6.07) is 6.30. The fourth-order valence-corrected chi connectivity index (χ4v) is 3.03. The average molecular weight is 309 g/mol. The minimum atomic E-state index is 0.152. The highest BCUT2D eigenvalue weighted by Gasteiger charge is 2.17. The molecule has 0 bridgehead atoms. The predicted molar refractivity (Wildman–Crippen MR) is 76.7 cm³/mol. The van der Waals surface area contributed by atoms with Crippen molar-refractivity contribution in [2.75, 3.05) is 7.11 Å². The molecule has 1 atom stereocenters. The topological polar surface area (TPSA) is 22.4 Å². The zero-order chi connectivity index (χ0) is 13.3. The van der Waals surface area contributed by atoms with Crippen LogP contribution in [0, 0.1) is 20.8 Å². The molecule has 0 aliphatic heterocycles. The second kappa shape index (κ2) is 5.19. The van der Waals surface area contributed by atoms with Crippen molar-refractivity contribution in [3.8, 4) is 5.75 Å². The zero-order valence-corrected chi connectivity index (χ0v) is 12.7. The Hall–Kier alpha value is -1.22. The first-order chi connectivity index (χ1) is 8.54. The highest BCUT2D eigenvalue weighted by Crippen LogP contribution is 2.36.